The lowest BCUT2D eigenvalue weighted by Crippen LogP contribution is -2.48. The van der Waals surface area contributed by atoms with Gasteiger partial charge in [0.1, 0.15) is 0 Å². The molecule has 1 aliphatic heterocycles. The Morgan fingerprint density at radius 2 is 1.92 bits per heavy atom. The van der Waals surface area contributed by atoms with Crippen molar-refractivity contribution >= 4 is 6.03 Å². The molecule has 0 bridgehead atoms. The van der Waals surface area contributed by atoms with E-state index >= 15 is 0 Å². The van der Waals surface area contributed by atoms with Crippen LogP contribution in [0.2, 0.25) is 0 Å². The Morgan fingerprint density at radius 3 is 2.54 bits per heavy atom. The standard InChI is InChI=1S/C19H30N2O3/c1-3-15(2)17(22)13-20-18(23)21-14-19(9-11-24-12-10-19)16-7-5-4-6-8-16/h4-8,15,17,22H,3,9-14H2,1-2H3,(H2,20,21,23). The molecule has 2 atom stereocenters. The Morgan fingerprint density at radius 1 is 1.25 bits per heavy atom. The van der Waals surface area contributed by atoms with Crippen molar-refractivity contribution in [2.45, 2.75) is 44.6 Å². The number of aliphatic hydroxyl groups is 1. The van der Waals surface area contributed by atoms with Gasteiger partial charge in [0, 0.05) is 31.7 Å². The van der Waals surface area contributed by atoms with E-state index in [0.717, 1.165) is 19.3 Å². The zero-order chi connectivity index (χ0) is 17.4. The van der Waals surface area contributed by atoms with E-state index in [1.54, 1.807) is 0 Å². The maximum absolute atomic E-state index is 12.1. The third-order valence-electron chi connectivity index (χ3n) is 5.20. The summed E-state index contributed by atoms with van der Waals surface area (Å²) in [5, 5.41) is 15.7. The van der Waals surface area contributed by atoms with Gasteiger partial charge in [-0.05, 0) is 24.3 Å². The number of aliphatic hydroxyl groups excluding tert-OH is 1. The molecule has 5 heteroatoms. The topological polar surface area (TPSA) is 70.6 Å². The van der Waals surface area contributed by atoms with Crippen LogP contribution >= 0.6 is 0 Å². The third kappa shape index (κ3) is 4.95. The zero-order valence-corrected chi connectivity index (χ0v) is 14.8. The van der Waals surface area contributed by atoms with E-state index in [4.69, 9.17) is 4.74 Å². The number of nitrogens with one attached hydrogen (secondary N) is 2. The van der Waals surface area contributed by atoms with Crippen LogP contribution in [0.4, 0.5) is 4.79 Å². The molecule has 1 heterocycles. The van der Waals surface area contributed by atoms with Gasteiger partial charge in [-0.2, -0.15) is 0 Å². The van der Waals surface area contributed by atoms with Gasteiger partial charge in [-0.15, -0.1) is 0 Å². The van der Waals surface area contributed by atoms with Gasteiger partial charge in [-0.3, -0.25) is 0 Å². The number of rotatable bonds is 7. The van der Waals surface area contributed by atoms with Gasteiger partial charge in [0.05, 0.1) is 6.10 Å². The first-order chi connectivity index (χ1) is 11.6. The van der Waals surface area contributed by atoms with Crippen molar-refractivity contribution < 1.29 is 14.6 Å². The molecule has 1 fully saturated rings. The Bertz CT molecular complexity index is 501. The van der Waals surface area contributed by atoms with Gasteiger partial charge in [0.15, 0.2) is 0 Å². The Hall–Kier alpha value is -1.59. The highest BCUT2D eigenvalue weighted by Crippen LogP contribution is 2.34. The van der Waals surface area contributed by atoms with Crippen LogP contribution in [0.25, 0.3) is 0 Å². The summed E-state index contributed by atoms with van der Waals surface area (Å²) in [6.45, 7) is 6.29. The molecule has 2 amide bonds. The summed E-state index contributed by atoms with van der Waals surface area (Å²) < 4.78 is 5.51. The molecule has 0 aromatic heterocycles. The second-order valence-corrected chi connectivity index (χ2v) is 6.78. The quantitative estimate of drug-likeness (QED) is 0.717. The summed E-state index contributed by atoms with van der Waals surface area (Å²) in [4.78, 5) is 12.1. The normalized spacial score (nSPS) is 19.3. The molecule has 1 aromatic carbocycles. The molecule has 1 aromatic rings. The molecule has 134 valence electrons. The van der Waals surface area contributed by atoms with Gasteiger partial charge in [0.2, 0.25) is 0 Å². The van der Waals surface area contributed by atoms with E-state index < -0.39 is 6.10 Å². The Balaban J connectivity index is 1.90. The third-order valence-corrected chi connectivity index (χ3v) is 5.20. The molecule has 5 nitrogen and oxygen atoms in total. The fourth-order valence-corrected chi connectivity index (χ4v) is 3.10. The van der Waals surface area contributed by atoms with Crippen LogP contribution in [-0.4, -0.2) is 43.5 Å². The number of urea groups is 1. The average Bonchev–Trinajstić information content (AvgIpc) is 2.65. The summed E-state index contributed by atoms with van der Waals surface area (Å²) >= 11 is 0. The van der Waals surface area contributed by atoms with Crippen molar-refractivity contribution in [3.63, 3.8) is 0 Å². The molecular formula is C19H30N2O3. The zero-order valence-electron chi connectivity index (χ0n) is 14.8. The monoisotopic (exact) mass is 334 g/mol. The minimum atomic E-state index is -0.507. The Kier molecular flexibility index (Phi) is 7.06. The largest absolute Gasteiger partial charge is 0.391 e. The molecular weight excluding hydrogens is 304 g/mol. The molecule has 0 radical (unpaired) electrons. The summed E-state index contributed by atoms with van der Waals surface area (Å²) in [6, 6.07) is 10.1. The van der Waals surface area contributed by atoms with E-state index in [9.17, 15) is 9.90 Å². The van der Waals surface area contributed by atoms with Gasteiger partial charge in [-0.25, -0.2) is 4.79 Å². The number of amides is 2. The van der Waals surface area contributed by atoms with Crippen molar-refractivity contribution in [3.05, 3.63) is 35.9 Å². The predicted octanol–water partition coefficient (Wildman–Crippen LogP) is 2.44. The first-order valence-electron chi connectivity index (χ1n) is 8.90. The molecule has 1 aliphatic rings. The second kappa shape index (κ2) is 9.04. The van der Waals surface area contributed by atoms with Crippen LogP contribution in [0, 0.1) is 5.92 Å². The van der Waals surface area contributed by atoms with Crippen LogP contribution in [0.3, 0.4) is 0 Å². The van der Waals surface area contributed by atoms with Crippen LogP contribution in [-0.2, 0) is 10.2 Å². The van der Waals surface area contributed by atoms with Gasteiger partial charge >= 0.3 is 6.03 Å². The van der Waals surface area contributed by atoms with Crippen LogP contribution in [0.15, 0.2) is 30.3 Å². The molecule has 0 aliphatic carbocycles. The summed E-state index contributed by atoms with van der Waals surface area (Å²) in [6.07, 6.45) is 2.17. The number of benzene rings is 1. The number of carbonyl (C=O) groups excluding carboxylic acids is 1. The lowest BCUT2D eigenvalue weighted by Gasteiger charge is -2.38. The van der Waals surface area contributed by atoms with Crippen molar-refractivity contribution in [2.75, 3.05) is 26.3 Å². The van der Waals surface area contributed by atoms with E-state index in [0.29, 0.717) is 19.8 Å². The Labute approximate surface area is 144 Å². The number of hydrogen-bond acceptors (Lipinski definition) is 3. The molecule has 2 unspecified atom stereocenters. The van der Waals surface area contributed by atoms with Gasteiger partial charge < -0.3 is 20.5 Å². The first kappa shape index (κ1) is 18.7. The van der Waals surface area contributed by atoms with Crippen molar-refractivity contribution in [1.82, 2.24) is 10.6 Å². The number of ether oxygens (including phenoxy) is 1. The SMILES string of the molecule is CCC(C)C(O)CNC(=O)NCC1(c2ccccc2)CCOCC1. The highest BCUT2D eigenvalue weighted by atomic mass is 16.5. The van der Waals surface area contributed by atoms with Gasteiger partial charge in [-0.1, -0.05) is 50.6 Å². The van der Waals surface area contributed by atoms with Crippen LogP contribution < -0.4 is 10.6 Å². The van der Waals surface area contributed by atoms with Gasteiger partial charge in [0.25, 0.3) is 0 Å². The summed E-state index contributed by atoms with van der Waals surface area (Å²) in [5.41, 5.74) is 1.17. The van der Waals surface area contributed by atoms with E-state index in [1.807, 2.05) is 32.0 Å². The second-order valence-electron chi connectivity index (χ2n) is 6.78. The smallest absolute Gasteiger partial charge is 0.314 e. The molecule has 3 N–H and O–H groups in total. The van der Waals surface area contributed by atoms with E-state index in [2.05, 4.69) is 22.8 Å². The highest BCUT2D eigenvalue weighted by Gasteiger charge is 2.34. The minimum Gasteiger partial charge on any atom is -0.391 e. The summed E-state index contributed by atoms with van der Waals surface area (Å²) in [5.74, 6) is 0.177. The fraction of sp³-hybridized carbons (Fsp3) is 0.632. The van der Waals surface area contributed by atoms with Crippen LogP contribution in [0.1, 0.15) is 38.7 Å². The molecule has 1 saturated heterocycles. The average molecular weight is 334 g/mol. The van der Waals surface area contributed by atoms with Crippen LogP contribution in [0.5, 0.6) is 0 Å². The molecule has 0 spiro atoms. The molecule has 24 heavy (non-hydrogen) atoms. The number of carbonyl (C=O) groups is 1. The first-order valence-corrected chi connectivity index (χ1v) is 8.90. The highest BCUT2D eigenvalue weighted by molar-refractivity contribution is 5.74. The lowest BCUT2D eigenvalue weighted by molar-refractivity contribution is 0.0506. The number of hydrogen-bond donors (Lipinski definition) is 3. The van der Waals surface area contributed by atoms with Crippen molar-refractivity contribution in [3.8, 4) is 0 Å². The minimum absolute atomic E-state index is 0.0772. The maximum Gasteiger partial charge on any atom is 0.314 e. The van der Waals surface area contributed by atoms with E-state index in [1.165, 1.54) is 5.56 Å². The fourth-order valence-electron chi connectivity index (χ4n) is 3.10. The summed E-state index contributed by atoms with van der Waals surface area (Å²) in [7, 11) is 0. The molecule has 2 rings (SSSR count). The van der Waals surface area contributed by atoms with Crippen molar-refractivity contribution in [1.29, 1.82) is 0 Å². The maximum atomic E-state index is 12.1. The van der Waals surface area contributed by atoms with Crippen molar-refractivity contribution in [2.24, 2.45) is 5.92 Å². The molecule has 0 saturated carbocycles. The van der Waals surface area contributed by atoms with E-state index in [-0.39, 0.29) is 23.9 Å². The predicted molar refractivity (Wildman–Crippen MR) is 95.0 cm³/mol. The lowest BCUT2D eigenvalue weighted by atomic mass is 9.74.